The van der Waals surface area contributed by atoms with Crippen LogP contribution in [0.2, 0.25) is 0 Å². The molecule has 0 spiro atoms. The summed E-state index contributed by atoms with van der Waals surface area (Å²) in [5.74, 6) is -3.18. The van der Waals surface area contributed by atoms with Crippen molar-refractivity contribution in [1.82, 2.24) is 0 Å². The topological polar surface area (TPSA) is 125 Å². The van der Waals surface area contributed by atoms with Crippen molar-refractivity contribution in [2.45, 2.75) is 102 Å². The highest BCUT2D eigenvalue weighted by Crippen LogP contribution is 2.72. The highest BCUT2D eigenvalue weighted by molar-refractivity contribution is 8.23. The van der Waals surface area contributed by atoms with Crippen LogP contribution in [0.1, 0.15) is 78.7 Å². The lowest BCUT2D eigenvalue weighted by Crippen LogP contribution is -2.70. The number of hydrogen-bond acceptors (Lipinski definition) is 11. The molecule has 264 valence electrons. The van der Waals surface area contributed by atoms with E-state index in [4.69, 9.17) is 31.2 Å². The molecule has 8 atom stereocenters. The van der Waals surface area contributed by atoms with Crippen molar-refractivity contribution in [3.63, 3.8) is 0 Å². The van der Waals surface area contributed by atoms with Crippen molar-refractivity contribution in [2.24, 2.45) is 22.7 Å². The number of halogens is 1. The number of hydrogen-bond donors (Lipinski definition) is 1. The number of allylic oxidation sites excluding steroid dienone is 4. The monoisotopic (exact) mass is 714 g/mol. The van der Waals surface area contributed by atoms with E-state index in [1.165, 1.54) is 12.2 Å². The Bertz CT molecular complexity index is 1640. The van der Waals surface area contributed by atoms with Gasteiger partial charge in [-0.15, -0.1) is 11.8 Å². The van der Waals surface area contributed by atoms with Crippen molar-refractivity contribution >= 4 is 51.7 Å². The predicted octanol–water partition coefficient (Wildman–Crippen LogP) is 5.78. The number of ether oxygens (including phenoxy) is 4. The number of carbonyl (C=O) groups is 4. The number of esters is 2. The number of carbonyl (C=O) groups excluding carboxylic acids is 4. The largest absolute Gasteiger partial charge is 0.458 e. The first kappa shape index (κ1) is 36.0. The highest BCUT2D eigenvalue weighted by Gasteiger charge is 2.80. The van der Waals surface area contributed by atoms with Crippen molar-refractivity contribution in [2.75, 3.05) is 12.4 Å². The van der Waals surface area contributed by atoms with E-state index in [-0.39, 0.29) is 25.0 Å². The van der Waals surface area contributed by atoms with Gasteiger partial charge in [0.05, 0.1) is 29.2 Å². The fourth-order valence-corrected chi connectivity index (χ4v) is 10.4. The number of aliphatic hydroxyl groups excluding tert-OH is 1. The second-order valence-electron chi connectivity index (χ2n) is 14.6. The van der Waals surface area contributed by atoms with Crippen molar-refractivity contribution in [3.05, 3.63) is 53.6 Å². The standard InChI is InChI=1S/C37H43FO9S2/c1-6-49-32(48)21-7-10-24(11-8-21)45-31(43)14-13-30(42)44-20-28(41)37-29(46-33(2,3)47-37)18-26-25-12-9-22-17-23(39)15-16-34(22,4)36(25,38)27(40)19-35(26,37)5/h7-8,10-11,15-17,25-27,29,40H,6,9,12-14,18-20H2,1-5H3/t25-,26-,27-,29+,34-,35-,36-,37+/m0/s1. The Kier molecular flexibility index (Phi) is 9.39. The molecule has 0 amide bonds. The molecule has 1 aromatic rings. The van der Waals surface area contributed by atoms with Crippen LogP contribution in [0.3, 0.4) is 0 Å². The minimum atomic E-state index is -2.08. The van der Waals surface area contributed by atoms with Gasteiger partial charge in [-0.05, 0) is 100 Å². The smallest absolute Gasteiger partial charge is 0.311 e. The average molecular weight is 715 g/mol. The van der Waals surface area contributed by atoms with E-state index in [1.807, 2.05) is 13.8 Å². The lowest BCUT2D eigenvalue weighted by atomic mass is 9.44. The fourth-order valence-electron chi connectivity index (χ4n) is 9.39. The molecule has 0 unspecified atom stereocenters. The fraction of sp³-hybridized carbons (Fsp3) is 0.595. The number of ketones is 2. The van der Waals surface area contributed by atoms with E-state index in [1.54, 1.807) is 62.9 Å². The maximum Gasteiger partial charge on any atom is 0.311 e. The van der Waals surface area contributed by atoms with Gasteiger partial charge in [0, 0.05) is 16.7 Å². The van der Waals surface area contributed by atoms with Crippen LogP contribution >= 0.6 is 24.0 Å². The molecule has 0 aromatic heterocycles. The summed E-state index contributed by atoms with van der Waals surface area (Å²) < 4.78 is 41.9. The third-order valence-electron chi connectivity index (χ3n) is 11.5. The molecular formula is C37H43FO9S2. The summed E-state index contributed by atoms with van der Waals surface area (Å²) in [6.07, 6.45) is 2.72. The second-order valence-corrected chi connectivity index (χ2v) is 16.6. The summed E-state index contributed by atoms with van der Waals surface area (Å²) in [4.78, 5) is 51.6. The van der Waals surface area contributed by atoms with Gasteiger partial charge in [0.15, 0.2) is 29.4 Å². The lowest BCUT2D eigenvalue weighted by Gasteiger charge is -2.62. The molecule has 1 saturated heterocycles. The third kappa shape index (κ3) is 5.75. The number of rotatable bonds is 9. The molecule has 12 heteroatoms. The van der Waals surface area contributed by atoms with E-state index in [2.05, 4.69) is 0 Å². The van der Waals surface area contributed by atoms with Gasteiger partial charge >= 0.3 is 11.9 Å². The second kappa shape index (κ2) is 12.8. The zero-order valence-corrected chi connectivity index (χ0v) is 30.0. The molecule has 9 nitrogen and oxygen atoms in total. The van der Waals surface area contributed by atoms with Crippen LogP contribution in [0.15, 0.2) is 48.1 Å². The summed E-state index contributed by atoms with van der Waals surface area (Å²) in [7, 11) is 0. The van der Waals surface area contributed by atoms with Gasteiger partial charge in [-0.1, -0.05) is 37.7 Å². The first-order valence-corrected chi connectivity index (χ1v) is 18.3. The summed E-state index contributed by atoms with van der Waals surface area (Å²) in [5.41, 5.74) is -4.41. The van der Waals surface area contributed by atoms with E-state index >= 15 is 4.39 Å². The lowest BCUT2D eigenvalue weighted by molar-refractivity contribution is -0.246. The summed E-state index contributed by atoms with van der Waals surface area (Å²) in [5, 5.41) is 11.7. The minimum Gasteiger partial charge on any atom is -0.458 e. The van der Waals surface area contributed by atoms with Crippen molar-refractivity contribution in [1.29, 1.82) is 0 Å². The van der Waals surface area contributed by atoms with Gasteiger partial charge in [0.25, 0.3) is 0 Å². The predicted molar refractivity (Wildman–Crippen MR) is 184 cm³/mol. The number of Topliss-reactive ketones (excluding diaryl/α,β-unsaturated/α-hetero) is 1. The summed E-state index contributed by atoms with van der Waals surface area (Å²) in [6, 6.07) is 6.80. The van der Waals surface area contributed by atoms with E-state index < -0.39 is 76.3 Å². The van der Waals surface area contributed by atoms with E-state index in [9.17, 15) is 24.3 Å². The molecule has 49 heavy (non-hydrogen) atoms. The van der Waals surface area contributed by atoms with Crippen LogP contribution in [0.4, 0.5) is 4.39 Å². The van der Waals surface area contributed by atoms with Gasteiger partial charge in [-0.25, -0.2) is 4.39 Å². The number of benzene rings is 1. The molecule has 0 radical (unpaired) electrons. The van der Waals surface area contributed by atoms with Crippen LogP contribution in [-0.2, 0) is 33.4 Å². The molecule has 3 saturated carbocycles. The zero-order chi connectivity index (χ0) is 35.6. The Hall–Kier alpha value is -2.77. The average Bonchev–Trinajstić information content (AvgIpc) is 3.45. The first-order valence-electron chi connectivity index (χ1n) is 16.9. The Morgan fingerprint density at radius 3 is 2.47 bits per heavy atom. The molecule has 1 heterocycles. The number of aliphatic hydroxyl groups is 1. The van der Waals surface area contributed by atoms with Gasteiger partial charge in [0.2, 0.25) is 5.78 Å². The highest BCUT2D eigenvalue weighted by atomic mass is 32.2. The molecule has 4 fully saturated rings. The maximum absolute atomic E-state index is 17.6. The number of alkyl halides is 1. The van der Waals surface area contributed by atoms with Gasteiger partial charge in [0.1, 0.15) is 5.75 Å². The van der Waals surface area contributed by atoms with Crippen molar-refractivity contribution < 1.29 is 47.6 Å². The molecule has 6 rings (SSSR count). The van der Waals surface area contributed by atoms with Gasteiger partial charge in [-0.2, -0.15) is 0 Å². The van der Waals surface area contributed by atoms with Gasteiger partial charge < -0.3 is 24.1 Å². The normalized spacial score (nSPS) is 36.9. The molecule has 1 aromatic carbocycles. The molecule has 0 bridgehead atoms. The van der Waals surface area contributed by atoms with Crippen LogP contribution in [0, 0.1) is 22.7 Å². The Morgan fingerprint density at radius 2 is 1.78 bits per heavy atom. The molecule has 5 aliphatic rings. The molecule has 1 N–H and O–H groups in total. The summed E-state index contributed by atoms with van der Waals surface area (Å²) >= 11 is 6.89. The van der Waals surface area contributed by atoms with Gasteiger partial charge in [-0.3, -0.25) is 19.2 Å². The number of fused-ring (bicyclic) bond motifs is 7. The Balaban J connectivity index is 1.14. The van der Waals surface area contributed by atoms with Crippen LogP contribution in [-0.4, -0.2) is 74.4 Å². The Morgan fingerprint density at radius 1 is 1.08 bits per heavy atom. The molecule has 4 aliphatic carbocycles. The third-order valence-corrected chi connectivity index (χ3v) is 12.9. The first-order chi connectivity index (χ1) is 23.0. The zero-order valence-electron chi connectivity index (χ0n) is 28.4. The van der Waals surface area contributed by atoms with Crippen LogP contribution < -0.4 is 4.74 Å². The number of thioether (sulfide) groups is 1. The Labute approximate surface area is 295 Å². The maximum atomic E-state index is 17.6. The number of thiocarbonyl (C=S) groups is 1. The summed E-state index contributed by atoms with van der Waals surface area (Å²) in [6.45, 7) is 8.35. The minimum absolute atomic E-state index is 0.0962. The van der Waals surface area contributed by atoms with E-state index in [0.29, 0.717) is 30.6 Å². The van der Waals surface area contributed by atoms with E-state index in [0.717, 1.165) is 15.5 Å². The van der Waals surface area contributed by atoms with Crippen molar-refractivity contribution in [3.8, 4) is 5.75 Å². The van der Waals surface area contributed by atoms with Crippen LogP contribution in [0.5, 0.6) is 5.75 Å². The van der Waals surface area contributed by atoms with Crippen LogP contribution in [0.25, 0.3) is 0 Å². The molecular weight excluding hydrogens is 672 g/mol. The SMILES string of the molecule is CCSC(=S)c1ccc(OC(=O)CCC(=O)OCC(=O)[C@@]23OC(C)(C)O[C@@H]2C[C@H]2[C@@H]4CCC5=CC(=O)C=C[C@]5(C)[C@@]4(F)[C@@H](O)C[C@@]23C)cc1. The quantitative estimate of drug-likeness (QED) is 0.190. The molecule has 1 aliphatic heterocycles.